The van der Waals surface area contributed by atoms with Crippen molar-refractivity contribution in [2.45, 2.75) is 0 Å². The fourth-order valence-corrected chi connectivity index (χ4v) is 6.28. The van der Waals surface area contributed by atoms with Gasteiger partial charge in [0.1, 0.15) is 5.52 Å². The average molecular weight is 444 g/mol. The van der Waals surface area contributed by atoms with E-state index in [1.807, 2.05) is 30.7 Å². The van der Waals surface area contributed by atoms with Crippen LogP contribution in [0.5, 0.6) is 0 Å². The van der Waals surface area contributed by atoms with Gasteiger partial charge in [0.2, 0.25) is 0 Å². The number of fused-ring (bicyclic) bond motifs is 2. The molecule has 9 rings (SSSR count). The van der Waals surface area contributed by atoms with E-state index in [0.29, 0.717) is 0 Å². The van der Waals surface area contributed by atoms with E-state index in [-0.39, 0.29) is 0 Å². The summed E-state index contributed by atoms with van der Waals surface area (Å²) in [4.78, 5) is 14.1. The van der Waals surface area contributed by atoms with Crippen LogP contribution in [-0.4, -0.2) is 19.5 Å². The first kappa shape index (κ1) is 17.6. The Kier molecular flexibility index (Phi) is 3.01. The van der Waals surface area contributed by atoms with E-state index < -0.39 is 0 Å². The summed E-state index contributed by atoms with van der Waals surface area (Å²) in [6, 6.07) is 28.2. The molecule has 4 heteroatoms. The van der Waals surface area contributed by atoms with E-state index in [2.05, 4.69) is 76.3 Å². The number of nitrogens with zero attached hydrogens (tertiary/aromatic N) is 4. The SMILES string of the molecule is c1cnc2c(-n3c4cccc5c4c4c6c(ccc7ccc8nccc-5c8c76)ccc43)ccnc2c1. The summed E-state index contributed by atoms with van der Waals surface area (Å²) in [6.45, 7) is 0. The van der Waals surface area contributed by atoms with Crippen molar-refractivity contribution in [3.8, 4) is 16.8 Å². The Bertz CT molecular complexity index is 2210. The van der Waals surface area contributed by atoms with E-state index in [1.165, 1.54) is 59.9 Å². The van der Waals surface area contributed by atoms with E-state index >= 15 is 0 Å². The maximum absolute atomic E-state index is 4.75. The first-order valence-electron chi connectivity index (χ1n) is 11.8. The molecular formula is C31H16N4. The minimum absolute atomic E-state index is 0.896. The van der Waals surface area contributed by atoms with E-state index in [4.69, 9.17) is 9.97 Å². The third kappa shape index (κ3) is 2.02. The molecule has 35 heavy (non-hydrogen) atoms. The van der Waals surface area contributed by atoms with Gasteiger partial charge in [0.25, 0.3) is 0 Å². The molecule has 0 fully saturated rings. The molecule has 0 saturated heterocycles. The van der Waals surface area contributed by atoms with Gasteiger partial charge in [-0.3, -0.25) is 15.0 Å². The predicted molar refractivity (Wildman–Crippen MR) is 143 cm³/mol. The van der Waals surface area contributed by atoms with E-state index in [9.17, 15) is 0 Å². The fraction of sp³-hybridized carbons (Fsp3) is 0. The Morgan fingerprint density at radius 2 is 1.20 bits per heavy atom. The van der Waals surface area contributed by atoms with Gasteiger partial charge < -0.3 is 4.57 Å². The molecule has 0 atom stereocenters. The van der Waals surface area contributed by atoms with Crippen molar-refractivity contribution >= 4 is 65.3 Å². The zero-order valence-corrected chi connectivity index (χ0v) is 18.5. The summed E-state index contributed by atoms with van der Waals surface area (Å²) in [5, 5.41) is 8.92. The summed E-state index contributed by atoms with van der Waals surface area (Å²) in [6.07, 6.45) is 5.67. The summed E-state index contributed by atoms with van der Waals surface area (Å²) in [5.41, 5.74) is 8.75. The molecule has 0 unspecified atom stereocenters. The lowest BCUT2D eigenvalue weighted by molar-refractivity contribution is 1.17. The summed E-state index contributed by atoms with van der Waals surface area (Å²) in [5.74, 6) is 0. The van der Waals surface area contributed by atoms with Crippen LogP contribution in [0.4, 0.5) is 0 Å². The molecule has 0 amide bonds. The first-order chi connectivity index (χ1) is 17.4. The molecule has 0 radical (unpaired) electrons. The molecule has 4 nitrogen and oxygen atoms in total. The smallest absolute Gasteiger partial charge is 0.113 e. The molecular weight excluding hydrogens is 428 g/mol. The number of rotatable bonds is 1. The maximum atomic E-state index is 4.75. The van der Waals surface area contributed by atoms with E-state index in [0.717, 1.165) is 22.2 Å². The fourth-order valence-electron chi connectivity index (χ4n) is 6.28. The highest BCUT2D eigenvalue weighted by atomic mass is 15.0. The molecule has 4 heterocycles. The third-order valence-corrected chi connectivity index (χ3v) is 7.63. The van der Waals surface area contributed by atoms with Crippen molar-refractivity contribution < 1.29 is 0 Å². The van der Waals surface area contributed by atoms with Crippen molar-refractivity contribution in [1.29, 1.82) is 0 Å². The molecule has 0 aliphatic heterocycles. The highest BCUT2D eigenvalue weighted by Crippen LogP contribution is 2.49. The second kappa shape index (κ2) is 5.99. The molecule has 160 valence electrons. The lowest BCUT2D eigenvalue weighted by Crippen LogP contribution is -1.98. The van der Waals surface area contributed by atoms with Crippen LogP contribution in [0.15, 0.2) is 97.5 Å². The predicted octanol–water partition coefficient (Wildman–Crippen LogP) is 7.56. The van der Waals surface area contributed by atoms with Gasteiger partial charge in [-0.1, -0.05) is 36.4 Å². The highest BCUT2D eigenvalue weighted by Gasteiger charge is 2.24. The van der Waals surface area contributed by atoms with Crippen LogP contribution >= 0.6 is 0 Å². The van der Waals surface area contributed by atoms with Gasteiger partial charge in [0.05, 0.1) is 27.8 Å². The topological polar surface area (TPSA) is 43.6 Å². The van der Waals surface area contributed by atoms with Crippen molar-refractivity contribution in [2.75, 3.05) is 0 Å². The normalized spacial score (nSPS) is 12.6. The standard InChI is InChI=1S/C31H16N4/c1-3-19-20-12-15-32-21-10-8-17-6-7-18-9-11-24-30(27(18)26(17)28(20)21)29(19)23(5-1)35(24)25-13-16-33-22-4-2-14-34-31(22)25/h1-16H. The van der Waals surface area contributed by atoms with Crippen LogP contribution in [0, 0.1) is 0 Å². The molecule has 0 spiro atoms. The minimum atomic E-state index is 0.896. The average Bonchev–Trinajstić information content (AvgIpc) is 3.19. The number of benzene rings is 4. The van der Waals surface area contributed by atoms with Gasteiger partial charge in [-0.05, 0) is 64.4 Å². The van der Waals surface area contributed by atoms with Crippen molar-refractivity contribution in [1.82, 2.24) is 19.5 Å². The van der Waals surface area contributed by atoms with Crippen LogP contribution in [0.1, 0.15) is 0 Å². The zero-order valence-electron chi connectivity index (χ0n) is 18.5. The highest BCUT2D eigenvalue weighted by molar-refractivity contribution is 6.38. The molecule has 0 N–H and O–H groups in total. The van der Waals surface area contributed by atoms with Gasteiger partial charge in [-0.25, -0.2) is 0 Å². The molecule has 4 aromatic carbocycles. The van der Waals surface area contributed by atoms with Gasteiger partial charge >= 0.3 is 0 Å². The van der Waals surface area contributed by atoms with Gasteiger partial charge in [-0.2, -0.15) is 0 Å². The minimum Gasteiger partial charge on any atom is -0.307 e. The molecule has 4 aromatic heterocycles. The maximum Gasteiger partial charge on any atom is 0.113 e. The Morgan fingerprint density at radius 1 is 0.457 bits per heavy atom. The lowest BCUT2D eigenvalue weighted by atomic mass is 9.95. The van der Waals surface area contributed by atoms with Gasteiger partial charge in [0, 0.05) is 45.5 Å². The molecule has 0 bridgehead atoms. The van der Waals surface area contributed by atoms with Gasteiger partial charge in [0.15, 0.2) is 0 Å². The lowest BCUT2D eigenvalue weighted by Gasteiger charge is -2.13. The number of aromatic nitrogens is 4. The van der Waals surface area contributed by atoms with Crippen LogP contribution in [0.2, 0.25) is 0 Å². The van der Waals surface area contributed by atoms with Crippen molar-refractivity contribution in [3.05, 3.63) is 97.5 Å². The van der Waals surface area contributed by atoms with Crippen molar-refractivity contribution in [3.63, 3.8) is 0 Å². The Hall–Kier alpha value is -4.83. The monoisotopic (exact) mass is 444 g/mol. The molecule has 1 aliphatic carbocycles. The number of hydrogen-bond donors (Lipinski definition) is 0. The Morgan fingerprint density at radius 3 is 2.14 bits per heavy atom. The summed E-state index contributed by atoms with van der Waals surface area (Å²) < 4.78 is 2.37. The van der Waals surface area contributed by atoms with Crippen LogP contribution in [0.25, 0.3) is 82.1 Å². The third-order valence-electron chi connectivity index (χ3n) is 7.63. The van der Waals surface area contributed by atoms with Gasteiger partial charge in [-0.15, -0.1) is 0 Å². The quantitative estimate of drug-likeness (QED) is 0.245. The first-order valence-corrected chi connectivity index (χ1v) is 11.8. The molecule has 0 saturated carbocycles. The second-order valence-electron chi connectivity index (χ2n) is 9.28. The zero-order chi connectivity index (χ0) is 22.7. The van der Waals surface area contributed by atoms with Crippen LogP contribution < -0.4 is 0 Å². The Labute approximate surface area is 199 Å². The largest absolute Gasteiger partial charge is 0.307 e. The van der Waals surface area contributed by atoms with Crippen LogP contribution in [0.3, 0.4) is 0 Å². The Balaban J connectivity index is 1.64. The van der Waals surface area contributed by atoms with E-state index in [1.54, 1.807) is 0 Å². The van der Waals surface area contributed by atoms with Crippen molar-refractivity contribution in [2.24, 2.45) is 0 Å². The number of pyridine rings is 3. The molecule has 1 aliphatic rings. The molecule has 8 aromatic rings. The summed E-state index contributed by atoms with van der Waals surface area (Å²) >= 11 is 0. The van der Waals surface area contributed by atoms with Crippen LogP contribution in [-0.2, 0) is 0 Å². The number of hydrogen-bond acceptors (Lipinski definition) is 3. The summed E-state index contributed by atoms with van der Waals surface area (Å²) in [7, 11) is 0. The second-order valence-corrected chi connectivity index (χ2v) is 9.28.